The van der Waals surface area contributed by atoms with E-state index >= 15 is 0 Å². The molecule has 35 heavy (non-hydrogen) atoms. The first-order chi connectivity index (χ1) is 16.1. The van der Waals surface area contributed by atoms with E-state index in [1.165, 1.54) is 13.8 Å². The normalized spacial score (nSPS) is 28.9. The second kappa shape index (κ2) is 13.2. The summed E-state index contributed by atoms with van der Waals surface area (Å²) in [5.74, 6) is -6.07. The van der Waals surface area contributed by atoms with Gasteiger partial charge < -0.3 is 57.1 Å². The molecule has 0 aliphatic carbocycles. The van der Waals surface area contributed by atoms with E-state index in [-0.39, 0.29) is 0 Å². The van der Waals surface area contributed by atoms with Gasteiger partial charge in [0.1, 0.15) is 42.1 Å². The molecule has 0 radical (unpaired) electrons. The number of carboxylic acid groups (broad SMARTS) is 1. The molecule has 15 heteroatoms. The molecule has 0 aromatic carbocycles. The molecule has 1 rings (SSSR count). The molecular formula is C20H36N4O11. The number of Topliss-reactive ketones (excluding diaryl/α,β-unsaturated/α-hetero) is 1. The average molecular weight is 509 g/mol. The summed E-state index contributed by atoms with van der Waals surface area (Å²) in [5, 5.41) is 48.8. The molecule has 0 spiro atoms. The summed E-state index contributed by atoms with van der Waals surface area (Å²) in [5.41, 5.74) is 17.0. The van der Waals surface area contributed by atoms with Crippen LogP contribution in [0.3, 0.4) is 0 Å². The molecule has 1 saturated heterocycles. The highest BCUT2D eigenvalue weighted by atomic mass is 16.6. The van der Waals surface area contributed by atoms with Gasteiger partial charge in [0.25, 0.3) is 0 Å². The molecule has 1 fully saturated rings. The van der Waals surface area contributed by atoms with E-state index in [1.54, 1.807) is 0 Å². The van der Waals surface area contributed by atoms with E-state index < -0.39 is 104 Å². The number of carboxylic acids is 1. The highest BCUT2D eigenvalue weighted by molar-refractivity contribution is 5.98. The second-order valence-corrected chi connectivity index (χ2v) is 8.64. The van der Waals surface area contributed by atoms with Gasteiger partial charge in [-0.05, 0) is 27.2 Å². The topological polar surface area (TPSA) is 269 Å². The van der Waals surface area contributed by atoms with Gasteiger partial charge in [0.15, 0.2) is 6.29 Å². The molecule has 202 valence electrons. The van der Waals surface area contributed by atoms with Crippen LogP contribution >= 0.6 is 0 Å². The fourth-order valence-electron chi connectivity index (χ4n) is 3.69. The number of ketones is 1. The number of aliphatic carboxylic acids is 1. The summed E-state index contributed by atoms with van der Waals surface area (Å²) in [6, 6.07) is -4.39. The van der Waals surface area contributed by atoms with Crippen LogP contribution in [0.1, 0.15) is 27.2 Å². The average Bonchev–Trinajstić information content (AvgIpc) is 2.76. The van der Waals surface area contributed by atoms with E-state index in [0.717, 1.165) is 11.8 Å². The smallest absolute Gasteiger partial charge is 0.314 e. The number of nitrogens with two attached hydrogens (primary N) is 3. The van der Waals surface area contributed by atoms with E-state index in [2.05, 4.69) is 0 Å². The fraction of sp³-hybridized carbons (Fsp3) is 0.800. The highest BCUT2D eigenvalue weighted by Gasteiger charge is 2.45. The molecule has 0 aromatic rings. The van der Waals surface area contributed by atoms with Crippen molar-refractivity contribution in [1.82, 2.24) is 4.90 Å². The Kier molecular flexibility index (Phi) is 11.6. The number of nitrogens with zero attached hydrogens (tertiary/aromatic N) is 1. The Balaban J connectivity index is 3.26. The number of hydrogen-bond donors (Lipinski definition) is 8. The van der Waals surface area contributed by atoms with Crippen LogP contribution in [-0.4, -0.2) is 122 Å². The SMILES string of the molecule is CC(=O)C(C[C@H](C(N)=O)N(CC(C)O[C@@H]1[C@@H](N)[C@@H](O)O[C@H](CO)[C@H]1O)C(=O)[C@@H](N)[C@@H](C)O)C(=O)O. The van der Waals surface area contributed by atoms with Crippen molar-refractivity contribution in [3.05, 3.63) is 0 Å². The lowest BCUT2D eigenvalue weighted by Crippen LogP contribution is -2.64. The number of ether oxygens (including phenoxy) is 2. The number of amides is 2. The molecule has 10 atom stereocenters. The largest absolute Gasteiger partial charge is 0.481 e. The zero-order valence-electron chi connectivity index (χ0n) is 19.8. The molecule has 11 N–H and O–H groups in total. The zero-order chi connectivity index (χ0) is 27.2. The summed E-state index contributed by atoms with van der Waals surface area (Å²) in [4.78, 5) is 49.4. The van der Waals surface area contributed by atoms with Crippen LogP contribution in [0.2, 0.25) is 0 Å². The molecule has 0 saturated carbocycles. The Labute approximate surface area is 201 Å². The van der Waals surface area contributed by atoms with Gasteiger partial charge in [0, 0.05) is 6.54 Å². The van der Waals surface area contributed by atoms with Crippen molar-refractivity contribution in [2.24, 2.45) is 23.1 Å². The number of primary amides is 1. The van der Waals surface area contributed by atoms with Crippen LogP contribution in [0.25, 0.3) is 0 Å². The number of rotatable bonds is 13. The summed E-state index contributed by atoms with van der Waals surface area (Å²) < 4.78 is 10.7. The van der Waals surface area contributed by atoms with Crippen molar-refractivity contribution in [1.29, 1.82) is 0 Å². The third kappa shape index (κ3) is 7.88. The van der Waals surface area contributed by atoms with E-state index in [0.29, 0.717) is 0 Å². The zero-order valence-corrected chi connectivity index (χ0v) is 19.8. The number of aliphatic hydroxyl groups is 4. The van der Waals surface area contributed by atoms with Crippen molar-refractivity contribution in [3.63, 3.8) is 0 Å². The third-order valence-corrected chi connectivity index (χ3v) is 5.80. The lowest BCUT2D eigenvalue weighted by atomic mass is 9.94. The van der Waals surface area contributed by atoms with E-state index in [9.17, 15) is 44.7 Å². The number of carbonyl (C=O) groups excluding carboxylic acids is 3. The van der Waals surface area contributed by atoms with Crippen molar-refractivity contribution in [2.75, 3.05) is 13.2 Å². The van der Waals surface area contributed by atoms with Crippen molar-refractivity contribution >= 4 is 23.6 Å². The lowest BCUT2D eigenvalue weighted by Gasteiger charge is -2.42. The molecule has 2 amide bonds. The number of hydrogen-bond acceptors (Lipinski definition) is 12. The predicted molar refractivity (Wildman–Crippen MR) is 117 cm³/mol. The molecule has 1 aliphatic rings. The maximum absolute atomic E-state index is 13.0. The van der Waals surface area contributed by atoms with Crippen LogP contribution in [0, 0.1) is 5.92 Å². The monoisotopic (exact) mass is 508 g/mol. The number of aliphatic hydroxyl groups excluding tert-OH is 4. The van der Waals surface area contributed by atoms with Crippen LogP contribution < -0.4 is 17.2 Å². The molecule has 15 nitrogen and oxygen atoms in total. The summed E-state index contributed by atoms with van der Waals surface area (Å²) in [6.07, 6.45) is -8.58. The minimum Gasteiger partial charge on any atom is -0.481 e. The maximum Gasteiger partial charge on any atom is 0.314 e. The van der Waals surface area contributed by atoms with Gasteiger partial charge in [-0.25, -0.2) is 0 Å². The first-order valence-electron chi connectivity index (χ1n) is 10.9. The molecular weight excluding hydrogens is 472 g/mol. The van der Waals surface area contributed by atoms with Gasteiger partial charge in [0.2, 0.25) is 11.8 Å². The predicted octanol–water partition coefficient (Wildman–Crippen LogP) is -4.77. The third-order valence-electron chi connectivity index (χ3n) is 5.80. The van der Waals surface area contributed by atoms with Gasteiger partial charge in [-0.3, -0.25) is 19.2 Å². The van der Waals surface area contributed by atoms with Crippen molar-refractivity contribution < 1.29 is 54.2 Å². The van der Waals surface area contributed by atoms with Crippen LogP contribution in [0.4, 0.5) is 0 Å². The molecule has 2 unspecified atom stereocenters. The van der Waals surface area contributed by atoms with Crippen LogP contribution in [-0.2, 0) is 28.7 Å². The summed E-state index contributed by atoms with van der Waals surface area (Å²) in [7, 11) is 0. The van der Waals surface area contributed by atoms with Gasteiger partial charge in [-0.1, -0.05) is 0 Å². The molecule has 1 aliphatic heterocycles. The lowest BCUT2D eigenvalue weighted by molar-refractivity contribution is -0.263. The van der Waals surface area contributed by atoms with Crippen molar-refractivity contribution in [2.45, 2.75) is 82.1 Å². The Morgan fingerprint density at radius 3 is 2.17 bits per heavy atom. The van der Waals surface area contributed by atoms with Crippen LogP contribution in [0.5, 0.6) is 0 Å². The summed E-state index contributed by atoms with van der Waals surface area (Å²) in [6.45, 7) is 2.55. The molecule has 0 bridgehead atoms. The summed E-state index contributed by atoms with van der Waals surface area (Å²) >= 11 is 0. The standard InChI is InChI=1S/C20H36N4O11/c1-7(34-16-14(22)20(33)35-12(6-25)15(16)28)5-24(18(30)13(21)9(3)27)11(17(23)29)4-10(8(2)26)19(31)32/h7,9-16,20,25,27-28,33H,4-6,21-22H2,1-3H3,(H2,23,29)(H,31,32)/t7?,9-,10?,11-,12-,13+,14-,15-,16-,20+/m1/s1. The van der Waals surface area contributed by atoms with Crippen molar-refractivity contribution in [3.8, 4) is 0 Å². The fourth-order valence-corrected chi connectivity index (χ4v) is 3.69. The Morgan fingerprint density at radius 1 is 1.17 bits per heavy atom. The van der Waals surface area contributed by atoms with E-state index in [4.69, 9.17) is 26.7 Å². The first kappa shape index (κ1) is 30.8. The van der Waals surface area contributed by atoms with Gasteiger partial charge in [0.05, 0.1) is 24.9 Å². The van der Waals surface area contributed by atoms with Gasteiger partial charge in [-0.15, -0.1) is 0 Å². The van der Waals surface area contributed by atoms with Crippen LogP contribution in [0.15, 0.2) is 0 Å². The highest BCUT2D eigenvalue weighted by Crippen LogP contribution is 2.23. The first-order valence-corrected chi connectivity index (χ1v) is 10.9. The van der Waals surface area contributed by atoms with E-state index in [1.807, 2.05) is 0 Å². The second-order valence-electron chi connectivity index (χ2n) is 8.64. The Bertz CT molecular complexity index is 753. The Morgan fingerprint density at radius 2 is 1.74 bits per heavy atom. The Hall–Kier alpha value is -2.24. The minimum atomic E-state index is -1.66. The van der Waals surface area contributed by atoms with Gasteiger partial charge in [-0.2, -0.15) is 0 Å². The molecule has 0 aromatic heterocycles. The minimum absolute atomic E-state index is 0.451. The van der Waals surface area contributed by atoms with Gasteiger partial charge >= 0.3 is 5.97 Å². The maximum atomic E-state index is 13.0. The number of carbonyl (C=O) groups is 4. The quantitative estimate of drug-likeness (QED) is 0.109. The molecule has 1 heterocycles.